The van der Waals surface area contributed by atoms with E-state index in [-0.39, 0.29) is 18.0 Å². The van der Waals surface area contributed by atoms with E-state index >= 15 is 0 Å². The van der Waals surface area contributed by atoms with E-state index < -0.39 is 17.8 Å². The second-order valence-corrected chi connectivity index (χ2v) is 6.34. The van der Waals surface area contributed by atoms with Crippen molar-refractivity contribution in [3.8, 4) is 5.82 Å². The second-order valence-electron chi connectivity index (χ2n) is 6.34. The molecule has 0 radical (unpaired) electrons. The largest absolute Gasteiger partial charge is 0.459 e. The molecule has 2 aromatic heterocycles. The first-order valence-electron chi connectivity index (χ1n) is 7.79. The maximum absolute atomic E-state index is 13.8. The van der Waals surface area contributed by atoms with Crippen LogP contribution in [0.1, 0.15) is 36.0 Å². The zero-order chi connectivity index (χ0) is 18.6. The average molecular weight is 363 g/mol. The van der Waals surface area contributed by atoms with Crippen molar-refractivity contribution in [3.05, 3.63) is 35.3 Å². The van der Waals surface area contributed by atoms with Gasteiger partial charge in [0.2, 0.25) is 0 Å². The van der Waals surface area contributed by atoms with Crippen LogP contribution in [0, 0.1) is 13.8 Å². The summed E-state index contributed by atoms with van der Waals surface area (Å²) >= 11 is 0. The Bertz CT molecular complexity index is 752. The highest BCUT2D eigenvalue weighted by Crippen LogP contribution is 2.45. The van der Waals surface area contributed by atoms with Crippen molar-refractivity contribution in [3.63, 3.8) is 0 Å². The van der Waals surface area contributed by atoms with E-state index in [1.165, 1.54) is 11.8 Å². The highest BCUT2D eigenvalue weighted by Gasteiger charge is 2.61. The van der Waals surface area contributed by atoms with Crippen LogP contribution < -0.4 is 0 Å². The summed E-state index contributed by atoms with van der Waals surface area (Å²) < 4.78 is 73.9. The Labute approximate surface area is 141 Å². The maximum atomic E-state index is 13.8. The Balaban J connectivity index is 2.10. The fraction of sp³-hybridized carbons (Fsp3) is 0.562. The summed E-state index contributed by atoms with van der Waals surface area (Å²) in [6.07, 6.45) is -4.71. The summed E-state index contributed by atoms with van der Waals surface area (Å²) in [5.74, 6) is -4.80. The van der Waals surface area contributed by atoms with Crippen LogP contribution in [0.3, 0.4) is 0 Å². The number of alkyl halides is 5. The molecule has 0 amide bonds. The molecule has 4 nitrogen and oxygen atoms in total. The molecule has 0 bridgehead atoms. The van der Waals surface area contributed by atoms with Crippen molar-refractivity contribution in [1.29, 1.82) is 0 Å². The summed E-state index contributed by atoms with van der Waals surface area (Å²) in [7, 11) is 1.54. The summed E-state index contributed by atoms with van der Waals surface area (Å²) in [6.45, 7) is 3.51. The van der Waals surface area contributed by atoms with Gasteiger partial charge in [0.15, 0.2) is 0 Å². The van der Waals surface area contributed by atoms with Crippen LogP contribution in [0.2, 0.25) is 0 Å². The predicted molar refractivity (Wildman–Crippen MR) is 80.0 cm³/mol. The molecule has 0 aromatic carbocycles. The van der Waals surface area contributed by atoms with E-state index in [0.717, 1.165) is 17.5 Å². The van der Waals surface area contributed by atoms with Crippen molar-refractivity contribution in [2.45, 2.75) is 50.9 Å². The molecule has 0 unspecified atom stereocenters. The van der Waals surface area contributed by atoms with Gasteiger partial charge in [0, 0.05) is 24.6 Å². The van der Waals surface area contributed by atoms with Crippen molar-refractivity contribution >= 4 is 0 Å². The number of aryl methyl sites for hydroxylation is 2. The Kier molecular flexibility index (Phi) is 4.17. The molecule has 0 aliphatic heterocycles. The fourth-order valence-electron chi connectivity index (χ4n) is 3.08. The van der Waals surface area contributed by atoms with Gasteiger partial charge in [-0.05, 0) is 38.8 Å². The van der Waals surface area contributed by atoms with Crippen LogP contribution in [-0.4, -0.2) is 33.7 Å². The lowest BCUT2D eigenvalue weighted by molar-refractivity contribution is -0.291. The van der Waals surface area contributed by atoms with Gasteiger partial charge in [0.25, 0.3) is 0 Å². The molecule has 2 heterocycles. The fourth-order valence-corrected chi connectivity index (χ4v) is 3.08. The van der Waals surface area contributed by atoms with E-state index in [0.29, 0.717) is 12.8 Å². The van der Waals surface area contributed by atoms with E-state index in [1.807, 2.05) is 0 Å². The molecular weight excluding hydrogens is 345 g/mol. The minimum absolute atomic E-state index is 0.0412. The molecule has 1 aliphatic rings. The molecule has 9 heteroatoms. The third kappa shape index (κ3) is 2.84. The standard InChI is InChI=1S/C16H18F5N3O/c1-9-4-5-10(2)23(9)14-8-13(15(17,18)16(19,20)21)22-24(14)11-6-12(7-11)25-3/h4-5,8,11-12H,6-7H2,1-3H3/t11-,12-. The Morgan fingerprint density at radius 1 is 1.08 bits per heavy atom. The lowest BCUT2D eigenvalue weighted by Crippen LogP contribution is -2.36. The Morgan fingerprint density at radius 2 is 1.64 bits per heavy atom. The number of halogens is 5. The molecule has 138 valence electrons. The summed E-state index contributed by atoms with van der Waals surface area (Å²) in [5.41, 5.74) is 0.162. The quantitative estimate of drug-likeness (QED) is 0.759. The average Bonchev–Trinajstić information content (AvgIpc) is 3.01. The normalized spacial score (nSPS) is 21.4. The van der Waals surface area contributed by atoms with Crippen LogP contribution in [0.25, 0.3) is 5.82 Å². The molecule has 1 aliphatic carbocycles. The highest BCUT2D eigenvalue weighted by molar-refractivity contribution is 5.36. The third-order valence-electron chi connectivity index (χ3n) is 4.64. The van der Waals surface area contributed by atoms with Gasteiger partial charge in [-0.3, -0.25) is 0 Å². The van der Waals surface area contributed by atoms with E-state index in [4.69, 9.17) is 4.74 Å². The van der Waals surface area contributed by atoms with Crippen LogP contribution in [0.5, 0.6) is 0 Å². The first-order chi connectivity index (χ1) is 11.6. The van der Waals surface area contributed by atoms with Crippen LogP contribution in [-0.2, 0) is 10.7 Å². The highest BCUT2D eigenvalue weighted by atomic mass is 19.4. The maximum Gasteiger partial charge on any atom is 0.459 e. The summed E-state index contributed by atoms with van der Waals surface area (Å²) in [5, 5.41) is 3.65. The van der Waals surface area contributed by atoms with Gasteiger partial charge in [-0.1, -0.05) is 0 Å². The molecule has 2 aromatic rings. The molecule has 1 fully saturated rings. The number of methoxy groups -OCH3 is 1. The van der Waals surface area contributed by atoms with E-state index in [2.05, 4.69) is 5.10 Å². The number of nitrogens with zero attached hydrogens (tertiary/aromatic N) is 3. The van der Waals surface area contributed by atoms with Gasteiger partial charge >= 0.3 is 12.1 Å². The first kappa shape index (κ1) is 17.9. The zero-order valence-corrected chi connectivity index (χ0v) is 13.9. The van der Waals surface area contributed by atoms with Gasteiger partial charge in [0.05, 0.1) is 12.1 Å². The minimum atomic E-state index is -5.70. The third-order valence-corrected chi connectivity index (χ3v) is 4.64. The van der Waals surface area contributed by atoms with Crippen molar-refractivity contribution < 1.29 is 26.7 Å². The van der Waals surface area contributed by atoms with E-state index in [9.17, 15) is 22.0 Å². The summed E-state index contributed by atoms with van der Waals surface area (Å²) in [4.78, 5) is 0. The lowest BCUT2D eigenvalue weighted by atomic mass is 9.89. The Morgan fingerprint density at radius 3 is 2.12 bits per heavy atom. The number of rotatable bonds is 4. The molecule has 25 heavy (non-hydrogen) atoms. The zero-order valence-electron chi connectivity index (χ0n) is 13.9. The monoisotopic (exact) mass is 363 g/mol. The van der Waals surface area contributed by atoms with Crippen LogP contribution >= 0.6 is 0 Å². The van der Waals surface area contributed by atoms with Gasteiger partial charge < -0.3 is 9.30 Å². The van der Waals surface area contributed by atoms with Gasteiger partial charge in [-0.15, -0.1) is 0 Å². The molecule has 0 saturated heterocycles. The van der Waals surface area contributed by atoms with Crippen molar-refractivity contribution in [2.24, 2.45) is 0 Å². The molecule has 0 atom stereocenters. The number of aromatic nitrogens is 3. The van der Waals surface area contributed by atoms with Gasteiger partial charge in [-0.2, -0.15) is 27.1 Å². The molecule has 3 rings (SSSR count). The second kappa shape index (κ2) is 5.82. The number of hydrogen-bond acceptors (Lipinski definition) is 2. The van der Waals surface area contributed by atoms with Gasteiger partial charge in [-0.25, -0.2) is 4.68 Å². The summed E-state index contributed by atoms with van der Waals surface area (Å²) in [6, 6.07) is 4.09. The molecule has 1 saturated carbocycles. The molecule has 0 N–H and O–H groups in total. The predicted octanol–water partition coefficient (Wildman–Crippen LogP) is 4.29. The lowest BCUT2D eigenvalue weighted by Gasteiger charge is -2.35. The SMILES string of the molecule is CO[C@H]1C[C@H](n2nc(C(F)(F)C(F)(F)F)cc2-n2c(C)ccc2C)C1. The number of ether oxygens (including phenoxy) is 1. The van der Waals surface area contributed by atoms with Crippen LogP contribution in [0.4, 0.5) is 22.0 Å². The minimum Gasteiger partial charge on any atom is -0.381 e. The Hall–Kier alpha value is -1.90. The topological polar surface area (TPSA) is 32.0 Å². The first-order valence-corrected chi connectivity index (χ1v) is 7.79. The van der Waals surface area contributed by atoms with Gasteiger partial charge in [0.1, 0.15) is 11.5 Å². The number of hydrogen-bond donors (Lipinski definition) is 0. The molecule has 0 spiro atoms. The van der Waals surface area contributed by atoms with Crippen molar-refractivity contribution in [2.75, 3.05) is 7.11 Å². The molecular formula is C16H18F5N3O. The van der Waals surface area contributed by atoms with Crippen LogP contribution in [0.15, 0.2) is 18.2 Å². The van der Waals surface area contributed by atoms with Crippen molar-refractivity contribution in [1.82, 2.24) is 14.3 Å². The van der Waals surface area contributed by atoms with E-state index in [1.54, 1.807) is 30.5 Å². The smallest absolute Gasteiger partial charge is 0.381 e.